The number of rotatable bonds is 3. The van der Waals surface area contributed by atoms with E-state index >= 15 is 0 Å². The summed E-state index contributed by atoms with van der Waals surface area (Å²) in [5.74, 6) is 0. The molecule has 0 spiro atoms. The van der Waals surface area contributed by atoms with Crippen LogP contribution in [0.25, 0.3) is 11.1 Å². The maximum absolute atomic E-state index is 12.9. The molecule has 5 rings (SSSR count). The lowest BCUT2D eigenvalue weighted by molar-refractivity contribution is 0.0138. The average molecular weight is 584 g/mol. The molecule has 0 atom stereocenters. The highest BCUT2D eigenvalue weighted by atomic mass is 16.6. The fraction of sp³-hybridized carbons (Fsp3) is 0.444. The van der Waals surface area contributed by atoms with Gasteiger partial charge in [0.05, 0.1) is 11.4 Å². The molecule has 2 aliphatic heterocycles. The van der Waals surface area contributed by atoms with Gasteiger partial charge in [0.2, 0.25) is 0 Å². The Hall–Kier alpha value is -3.84. The number of carbonyl (C=O) groups is 2. The number of carboxylic acid groups (broad SMARTS) is 1. The number of hydrogen-bond donors (Lipinski definition) is 1. The highest BCUT2D eigenvalue weighted by Crippen LogP contribution is 2.53. The molecule has 3 aromatic carbocycles. The Morgan fingerprint density at radius 2 is 1.49 bits per heavy atom. The molecule has 0 radical (unpaired) electrons. The Morgan fingerprint density at radius 3 is 2.07 bits per heavy atom. The monoisotopic (exact) mass is 583 g/mol. The minimum Gasteiger partial charge on any atom is -0.464 e. The summed E-state index contributed by atoms with van der Waals surface area (Å²) in [6, 6.07) is 20.4. The second kappa shape index (κ2) is 11.0. The number of piperazine rings is 1. The summed E-state index contributed by atoms with van der Waals surface area (Å²) >= 11 is 0. The van der Waals surface area contributed by atoms with Gasteiger partial charge in [-0.2, -0.15) is 0 Å². The van der Waals surface area contributed by atoms with E-state index in [2.05, 4.69) is 57.7 Å². The van der Waals surface area contributed by atoms with Crippen LogP contribution >= 0.6 is 0 Å². The number of anilines is 2. The molecule has 1 fully saturated rings. The molecular weight excluding hydrogens is 538 g/mol. The van der Waals surface area contributed by atoms with Gasteiger partial charge >= 0.3 is 12.2 Å². The van der Waals surface area contributed by atoms with Crippen LogP contribution in [-0.2, 0) is 22.1 Å². The highest BCUT2D eigenvalue weighted by molar-refractivity contribution is 6.00. The van der Waals surface area contributed by atoms with E-state index in [0.29, 0.717) is 18.8 Å². The quantitative estimate of drug-likeness (QED) is 0.337. The summed E-state index contributed by atoms with van der Waals surface area (Å²) in [5, 5.41) is 10.6. The van der Waals surface area contributed by atoms with Crippen molar-refractivity contribution >= 4 is 23.6 Å². The van der Waals surface area contributed by atoms with E-state index in [1.807, 2.05) is 63.2 Å². The summed E-state index contributed by atoms with van der Waals surface area (Å²) in [6.45, 7) is 20.2. The van der Waals surface area contributed by atoms with E-state index in [1.165, 1.54) is 16.0 Å². The minimum absolute atomic E-state index is 0.234. The number of fused-ring (bicyclic) bond motifs is 2. The molecule has 7 nitrogen and oxygen atoms in total. The zero-order chi connectivity index (χ0) is 31.3. The molecule has 0 saturated carbocycles. The van der Waals surface area contributed by atoms with Crippen LogP contribution in [0.3, 0.4) is 0 Å². The van der Waals surface area contributed by atoms with Gasteiger partial charge < -0.3 is 14.7 Å². The van der Waals surface area contributed by atoms with Crippen LogP contribution in [0.1, 0.15) is 77.6 Å². The fourth-order valence-electron chi connectivity index (χ4n) is 6.62. The predicted molar refractivity (Wildman–Crippen MR) is 172 cm³/mol. The fourth-order valence-corrected chi connectivity index (χ4v) is 6.62. The maximum Gasteiger partial charge on any atom is 0.416 e. The van der Waals surface area contributed by atoms with Gasteiger partial charge in [0.15, 0.2) is 0 Å². The van der Waals surface area contributed by atoms with Gasteiger partial charge in [-0.05, 0) is 71.7 Å². The van der Waals surface area contributed by atoms with Crippen LogP contribution in [0.4, 0.5) is 21.0 Å². The number of ether oxygens (including phenoxy) is 1. The molecular formula is C36H45N3O4. The summed E-state index contributed by atoms with van der Waals surface area (Å²) in [5.41, 5.74) is 6.73. The lowest BCUT2D eigenvalue weighted by atomic mass is 9.66. The van der Waals surface area contributed by atoms with Crippen molar-refractivity contribution in [3.63, 3.8) is 0 Å². The van der Waals surface area contributed by atoms with Crippen molar-refractivity contribution in [1.82, 2.24) is 9.80 Å². The van der Waals surface area contributed by atoms with Crippen molar-refractivity contribution in [3.05, 3.63) is 82.9 Å². The van der Waals surface area contributed by atoms with Gasteiger partial charge in [0, 0.05) is 38.1 Å². The molecule has 0 aromatic heterocycles. The van der Waals surface area contributed by atoms with E-state index in [1.54, 1.807) is 4.90 Å². The molecule has 1 saturated heterocycles. The molecule has 228 valence electrons. The van der Waals surface area contributed by atoms with Crippen molar-refractivity contribution in [2.75, 3.05) is 31.1 Å². The summed E-state index contributed by atoms with van der Waals surface area (Å²) in [6.07, 6.45) is -1.25. The first-order valence-corrected chi connectivity index (χ1v) is 15.2. The minimum atomic E-state index is -0.992. The number of hydrogen-bond acceptors (Lipinski definition) is 4. The summed E-state index contributed by atoms with van der Waals surface area (Å²) in [4.78, 5) is 31.2. The molecule has 0 bridgehead atoms. The SMILES string of the molecule is CC(C)(C)OC(=O)N1CCN(Cc2ccc3c(c2C(C)(C)C)C(C)(C)c2ccc(-c4ccccc4)cc2N3C(=O)O)CC1. The third-order valence-corrected chi connectivity index (χ3v) is 8.51. The molecule has 1 N–H and O–H groups in total. The van der Waals surface area contributed by atoms with Crippen molar-refractivity contribution in [2.24, 2.45) is 0 Å². The Morgan fingerprint density at radius 1 is 0.837 bits per heavy atom. The van der Waals surface area contributed by atoms with Crippen molar-refractivity contribution in [3.8, 4) is 11.1 Å². The van der Waals surface area contributed by atoms with Crippen LogP contribution in [-0.4, -0.2) is 58.9 Å². The van der Waals surface area contributed by atoms with Gasteiger partial charge in [-0.3, -0.25) is 4.90 Å². The number of benzene rings is 3. The van der Waals surface area contributed by atoms with Gasteiger partial charge in [-0.1, -0.05) is 83.1 Å². The lowest BCUT2D eigenvalue weighted by Gasteiger charge is -2.44. The van der Waals surface area contributed by atoms with Crippen LogP contribution < -0.4 is 4.90 Å². The topological polar surface area (TPSA) is 73.3 Å². The summed E-state index contributed by atoms with van der Waals surface area (Å²) < 4.78 is 5.59. The normalized spacial score (nSPS) is 16.8. The highest BCUT2D eigenvalue weighted by Gasteiger charge is 2.43. The third kappa shape index (κ3) is 6.00. The second-order valence-corrected chi connectivity index (χ2v) is 14.3. The Bertz CT molecular complexity index is 1520. The van der Waals surface area contributed by atoms with Gasteiger partial charge in [-0.25, -0.2) is 14.5 Å². The molecule has 7 heteroatoms. The molecule has 0 aliphatic carbocycles. The van der Waals surface area contributed by atoms with E-state index in [-0.39, 0.29) is 11.5 Å². The van der Waals surface area contributed by atoms with Gasteiger partial charge in [0.25, 0.3) is 0 Å². The molecule has 2 heterocycles. The molecule has 0 unspecified atom stereocenters. The number of nitrogens with zero attached hydrogens (tertiary/aromatic N) is 3. The first-order chi connectivity index (χ1) is 20.1. The molecule has 43 heavy (non-hydrogen) atoms. The average Bonchev–Trinajstić information content (AvgIpc) is 2.92. The van der Waals surface area contributed by atoms with Crippen LogP contribution in [0.15, 0.2) is 60.7 Å². The molecule has 2 aliphatic rings. The van der Waals surface area contributed by atoms with Crippen molar-refractivity contribution in [1.29, 1.82) is 0 Å². The second-order valence-electron chi connectivity index (χ2n) is 14.3. The van der Waals surface area contributed by atoms with E-state index in [0.717, 1.165) is 47.6 Å². The lowest BCUT2D eigenvalue weighted by Crippen LogP contribution is -2.49. The van der Waals surface area contributed by atoms with E-state index in [9.17, 15) is 14.7 Å². The third-order valence-electron chi connectivity index (χ3n) is 8.51. The Balaban J connectivity index is 1.53. The van der Waals surface area contributed by atoms with Crippen molar-refractivity contribution in [2.45, 2.75) is 78.4 Å². The van der Waals surface area contributed by atoms with E-state index in [4.69, 9.17) is 4.74 Å². The smallest absolute Gasteiger partial charge is 0.416 e. The largest absolute Gasteiger partial charge is 0.464 e. The number of carbonyl (C=O) groups excluding carboxylic acids is 1. The van der Waals surface area contributed by atoms with Crippen LogP contribution in [0.2, 0.25) is 0 Å². The van der Waals surface area contributed by atoms with E-state index < -0.39 is 17.1 Å². The van der Waals surface area contributed by atoms with Crippen LogP contribution in [0, 0.1) is 0 Å². The van der Waals surface area contributed by atoms with Gasteiger partial charge in [-0.15, -0.1) is 0 Å². The molecule has 2 amide bonds. The predicted octanol–water partition coefficient (Wildman–Crippen LogP) is 8.16. The standard InChI is InChI=1S/C36H45N3O4/c1-34(2,3)30-26(23-37-18-20-38(21-19-37)33(42)43-35(4,5)6)15-17-28-31(30)36(7,8)27-16-14-25(24-12-10-9-11-13-24)22-29(27)39(28)32(40)41/h9-17,22H,18-21,23H2,1-8H3,(H,40,41). The summed E-state index contributed by atoms with van der Waals surface area (Å²) in [7, 11) is 0. The van der Waals surface area contributed by atoms with Crippen LogP contribution in [0.5, 0.6) is 0 Å². The molecule has 3 aromatic rings. The zero-order valence-electron chi connectivity index (χ0n) is 26.8. The number of amides is 2. The zero-order valence-corrected chi connectivity index (χ0v) is 26.8. The first kappa shape index (κ1) is 30.6. The Labute approximate surface area is 256 Å². The van der Waals surface area contributed by atoms with Gasteiger partial charge in [0.1, 0.15) is 5.60 Å². The van der Waals surface area contributed by atoms with Crippen molar-refractivity contribution < 1.29 is 19.4 Å². The Kier molecular flexibility index (Phi) is 7.84. The first-order valence-electron chi connectivity index (χ1n) is 15.2. The maximum atomic E-state index is 12.9.